The number of hydrogen-bond acceptors (Lipinski definition) is 6. The van der Waals surface area contributed by atoms with Crippen molar-refractivity contribution in [3.8, 4) is 11.9 Å². The summed E-state index contributed by atoms with van der Waals surface area (Å²) in [6, 6.07) is 4.38. The smallest absolute Gasteiger partial charge is 0.183 e. The minimum atomic E-state index is -3.32. The van der Waals surface area contributed by atoms with E-state index in [1.165, 1.54) is 37.1 Å². The van der Waals surface area contributed by atoms with Crippen molar-refractivity contribution < 1.29 is 13.2 Å². The Hall–Kier alpha value is -1.72. The van der Waals surface area contributed by atoms with E-state index in [9.17, 15) is 8.42 Å². The summed E-state index contributed by atoms with van der Waals surface area (Å²) < 4.78 is 28.1. The van der Waals surface area contributed by atoms with Crippen LogP contribution < -0.4 is 10.1 Å². The molecule has 0 bridgehead atoms. The first kappa shape index (κ1) is 15.3. The lowest BCUT2D eigenvalue weighted by Gasteiger charge is -2.07. The Morgan fingerprint density at radius 1 is 1.53 bits per heavy atom. The van der Waals surface area contributed by atoms with Crippen LogP contribution in [0.3, 0.4) is 0 Å². The number of ether oxygens (including phenoxy) is 1. The summed E-state index contributed by atoms with van der Waals surface area (Å²) in [5.74, 6) is 0.429. The molecular weight excluding hydrogens is 286 g/mol. The average Bonchev–Trinajstić information content (AvgIpc) is 2.37. The van der Waals surface area contributed by atoms with Crippen LogP contribution >= 0.6 is 11.8 Å². The largest absolute Gasteiger partial charge is 0.494 e. The molecule has 0 saturated heterocycles. The molecule has 0 saturated carbocycles. The highest BCUT2D eigenvalue weighted by atomic mass is 32.2. The number of amidine groups is 1. The lowest BCUT2D eigenvalue weighted by Crippen LogP contribution is -2.12. The molecule has 0 radical (unpaired) electrons. The van der Waals surface area contributed by atoms with E-state index < -0.39 is 9.84 Å². The molecule has 0 aliphatic carbocycles. The number of benzene rings is 1. The molecule has 0 heterocycles. The molecule has 102 valence electrons. The summed E-state index contributed by atoms with van der Waals surface area (Å²) in [7, 11) is -1.86. The van der Waals surface area contributed by atoms with Gasteiger partial charge in [0.05, 0.1) is 12.0 Å². The molecule has 1 aromatic rings. The van der Waals surface area contributed by atoms with Crippen molar-refractivity contribution in [1.29, 1.82) is 5.26 Å². The van der Waals surface area contributed by atoms with Crippen molar-refractivity contribution in [3.05, 3.63) is 18.2 Å². The predicted octanol–water partition coefficient (Wildman–Crippen LogP) is 1.52. The maximum atomic E-state index is 11.5. The molecule has 1 N–H and O–H groups in total. The van der Waals surface area contributed by atoms with Crippen LogP contribution in [0.25, 0.3) is 0 Å². The number of nitriles is 1. The maximum Gasteiger partial charge on any atom is 0.183 e. The number of nitrogens with one attached hydrogen (secondary N) is 1. The number of methoxy groups -OCH3 is 1. The second-order valence-corrected chi connectivity index (χ2v) is 6.27. The molecule has 0 fully saturated rings. The van der Waals surface area contributed by atoms with Gasteiger partial charge in [0.15, 0.2) is 21.2 Å². The fourth-order valence-electron chi connectivity index (χ4n) is 1.27. The van der Waals surface area contributed by atoms with E-state index in [-0.39, 0.29) is 4.90 Å². The van der Waals surface area contributed by atoms with Crippen LogP contribution in [0.2, 0.25) is 0 Å². The SMILES string of the molecule is COc1ccc(S(C)(=O)=O)cc1N=C(NC#N)SC. The van der Waals surface area contributed by atoms with Gasteiger partial charge in [0, 0.05) is 6.26 Å². The Morgan fingerprint density at radius 3 is 2.68 bits per heavy atom. The van der Waals surface area contributed by atoms with E-state index in [1.54, 1.807) is 12.4 Å². The van der Waals surface area contributed by atoms with Gasteiger partial charge in [0.1, 0.15) is 11.4 Å². The van der Waals surface area contributed by atoms with Gasteiger partial charge in [0.25, 0.3) is 0 Å². The van der Waals surface area contributed by atoms with Crippen molar-refractivity contribution in [2.24, 2.45) is 4.99 Å². The highest BCUT2D eigenvalue weighted by Crippen LogP contribution is 2.30. The molecule has 19 heavy (non-hydrogen) atoms. The summed E-state index contributed by atoms with van der Waals surface area (Å²) in [5.41, 5.74) is 0.345. The second kappa shape index (κ2) is 6.45. The van der Waals surface area contributed by atoms with Crippen molar-refractivity contribution in [2.45, 2.75) is 4.90 Å². The lowest BCUT2D eigenvalue weighted by atomic mass is 10.3. The molecule has 8 heteroatoms. The third-order valence-corrected chi connectivity index (χ3v) is 3.85. The zero-order valence-electron chi connectivity index (χ0n) is 10.7. The monoisotopic (exact) mass is 299 g/mol. The quantitative estimate of drug-likeness (QED) is 0.394. The van der Waals surface area contributed by atoms with Crippen LogP contribution in [0.4, 0.5) is 5.69 Å². The van der Waals surface area contributed by atoms with Gasteiger partial charge in [0.2, 0.25) is 0 Å². The van der Waals surface area contributed by atoms with Crippen molar-refractivity contribution in [2.75, 3.05) is 19.6 Å². The van der Waals surface area contributed by atoms with Crippen LogP contribution in [0.5, 0.6) is 5.75 Å². The highest BCUT2D eigenvalue weighted by Gasteiger charge is 2.11. The Morgan fingerprint density at radius 2 is 2.21 bits per heavy atom. The molecular formula is C11H13N3O3S2. The van der Waals surface area contributed by atoms with Crippen molar-refractivity contribution in [1.82, 2.24) is 5.32 Å². The first-order chi connectivity index (χ1) is 8.92. The second-order valence-electron chi connectivity index (χ2n) is 3.46. The standard InChI is InChI=1S/C11H13N3O3S2/c1-17-10-5-4-8(19(3,15)16)6-9(10)14-11(18-2)13-7-12/h4-6H,1-3H3,(H,13,14). The highest BCUT2D eigenvalue weighted by molar-refractivity contribution is 8.13. The third-order valence-electron chi connectivity index (χ3n) is 2.16. The minimum Gasteiger partial charge on any atom is -0.494 e. The number of nitrogens with zero attached hydrogens (tertiary/aromatic N) is 2. The molecule has 6 nitrogen and oxygen atoms in total. The van der Waals surface area contributed by atoms with Gasteiger partial charge >= 0.3 is 0 Å². The lowest BCUT2D eigenvalue weighted by molar-refractivity contribution is 0.416. The minimum absolute atomic E-state index is 0.143. The summed E-state index contributed by atoms with van der Waals surface area (Å²) in [6.07, 6.45) is 4.62. The molecule has 0 aliphatic rings. The number of thioether (sulfide) groups is 1. The Balaban J connectivity index is 3.35. The zero-order chi connectivity index (χ0) is 14.5. The van der Waals surface area contributed by atoms with Gasteiger partial charge < -0.3 is 4.74 Å². The molecule has 1 aromatic carbocycles. The summed E-state index contributed by atoms with van der Waals surface area (Å²) in [6.45, 7) is 0. The van der Waals surface area contributed by atoms with Crippen LogP contribution in [-0.2, 0) is 9.84 Å². The maximum absolute atomic E-state index is 11.5. The topological polar surface area (TPSA) is 91.6 Å². The Kier molecular flexibility index (Phi) is 5.20. The van der Waals surface area contributed by atoms with E-state index in [0.717, 1.165) is 6.26 Å². The molecule has 0 amide bonds. The third kappa shape index (κ3) is 4.15. The van der Waals surface area contributed by atoms with Crippen molar-refractivity contribution in [3.63, 3.8) is 0 Å². The van der Waals surface area contributed by atoms with Crippen LogP contribution in [0.1, 0.15) is 0 Å². The van der Waals surface area contributed by atoms with Crippen LogP contribution in [0.15, 0.2) is 28.1 Å². The Labute approximate surface area is 116 Å². The number of hydrogen-bond donors (Lipinski definition) is 1. The summed E-state index contributed by atoms with van der Waals surface area (Å²) in [5, 5.41) is 11.3. The summed E-state index contributed by atoms with van der Waals surface area (Å²) in [4.78, 5) is 4.31. The van der Waals surface area contributed by atoms with Gasteiger partial charge in [-0.1, -0.05) is 11.8 Å². The Bertz CT molecular complexity index is 633. The van der Waals surface area contributed by atoms with Crippen LogP contribution in [-0.4, -0.2) is 33.2 Å². The zero-order valence-corrected chi connectivity index (χ0v) is 12.3. The van der Waals surface area contributed by atoms with Gasteiger partial charge in [-0.15, -0.1) is 0 Å². The van der Waals surface area contributed by atoms with Gasteiger partial charge in [-0.25, -0.2) is 13.4 Å². The van der Waals surface area contributed by atoms with E-state index in [2.05, 4.69) is 10.3 Å². The molecule has 0 spiro atoms. The van der Waals surface area contributed by atoms with E-state index >= 15 is 0 Å². The van der Waals surface area contributed by atoms with E-state index in [4.69, 9.17) is 10.00 Å². The fraction of sp³-hybridized carbons (Fsp3) is 0.273. The van der Waals surface area contributed by atoms with Crippen molar-refractivity contribution >= 4 is 32.5 Å². The predicted molar refractivity (Wildman–Crippen MR) is 75.5 cm³/mol. The first-order valence-corrected chi connectivity index (χ1v) is 8.20. The number of sulfone groups is 1. The average molecular weight is 299 g/mol. The van der Waals surface area contributed by atoms with E-state index in [1.807, 2.05) is 0 Å². The van der Waals surface area contributed by atoms with Gasteiger partial charge in [-0.3, -0.25) is 5.32 Å². The molecule has 0 aliphatic heterocycles. The number of rotatable bonds is 3. The van der Waals surface area contributed by atoms with Gasteiger partial charge in [-0.2, -0.15) is 5.26 Å². The summed E-state index contributed by atoms with van der Waals surface area (Å²) >= 11 is 1.23. The molecule has 1 rings (SSSR count). The van der Waals surface area contributed by atoms with Gasteiger partial charge in [-0.05, 0) is 24.5 Å². The molecule has 0 aromatic heterocycles. The van der Waals surface area contributed by atoms with Crippen LogP contribution in [0, 0.1) is 11.5 Å². The number of aliphatic imine (C=N–C) groups is 1. The first-order valence-electron chi connectivity index (χ1n) is 5.08. The molecule has 0 atom stereocenters. The molecule has 0 unspecified atom stereocenters. The fourth-order valence-corrected chi connectivity index (χ4v) is 2.25. The van der Waals surface area contributed by atoms with E-state index in [0.29, 0.717) is 16.6 Å². The normalized spacial score (nSPS) is 11.8.